The van der Waals surface area contributed by atoms with Crippen LogP contribution in [0.1, 0.15) is 30.4 Å². The van der Waals surface area contributed by atoms with Crippen molar-refractivity contribution < 1.29 is 9.59 Å². The van der Waals surface area contributed by atoms with Crippen molar-refractivity contribution in [2.24, 2.45) is 0 Å². The van der Waals surface area contributed by atoms with Crippen LogP contribution in [0, 0.1) is 0 Å². The summed E-state index contributed by atoms with van der Waals surface area (Å²) in [5.74, 6) is -0.0383. The largest absolute Gasteiger partial charge is 0.341 e. The molecule has 1 saturated heterocycles. The lowest BCUT2D eigenvalue weighted by Crippen LogP contribution is -2.37. The molecule has 98 valence electrons. The molecule has 0 aliphatic carbocycles. The lowest BCUT2D eigenvalue weighted by atomic mass is 10.3. The minimum atomic E-state index is -0.241. The Labute approximate surface area is 104 Å². The van der Waals surface area contributed by atoms with Crippen molar-refractivity contribution in [2.75, 3.05) is 26.2 Å². The number of tetrazole rings is 1. The third-order valence-corrected chi connectivity index (χ3v) is 2.97. The van der Waals surface area contributed by atoms with E-state index >= 15 is 0 Å². The zero-order valence-corrected chi connectivity index (χ0v) is 10.3. The Hall–Kier alpha value is -1.99. The number of aromatic nitrogens is 4. The van der Waals surface area contributed by atoms with E-state index in [-0.39, 0.29) is 17.6 Å². The fourth-order valence-corrected chi connectivity index (χ4v) is 1.99. The standard InChI is InChI=1S/C10H16N6O2/c1-2-8(17)15-4-3-5-16(7-6-15)10(18)9-11-13-14-12-9/h2-7H2,1H3,(H,11,12,13,14). The smallest absolute Gasteiger partial charge is 0.295 e. The van der Waals surface area contributed by atoms with Crippen molar-refractivity contribution in [1.29, 1.82) is 0 Å². The third-order valence-electron chi connectivity index (χ3n) is 2.97. The highest BCUT2D eigenvalue weighted by Crippen LogP contribution is 2.07. The van der Waals surface area contributed by atoms with Crippen LogP contribution in [0.4, 0.5) is 0 Å². The molecule has 1 aliphatic heterocycles. The van der Waals surface area contributed by atoms with Crippen molar-refractivity contribution in [2.45, 2.75) is 19.8 Å². The van der Waals surface area contributed by atoms with Gasteiger partial charge in [0.2, 0.25) is 5.91 Å². The summed E-state index contributed by atoms with van der Waals surface area (Å²) >= 11 is 0. The van der Waals surface area contributed by atoms with Crippen molar-refractivity contribution in [1.82, 2.24) is 30.4 Å². The second-order valence-electron chi connectivity index (χ2n) is 4.12. The number of carbonyl (C=O) groups is 2. The van der Waals surface area contributed by atoms with Gasteiger partial charge in [0.25, 0.3) is 11.7 Å². The summed E-state index contributed by atoms with van der Waals surface area (Å²) in [7, 11) is 0. The minimum Gasteiger partial charge on any atom is -0.341 e. The van der Waals surface area contributed by atoms with Gasteiger partial charge in [0.1, 0.15) is 0 Å². The number of hydrogen-bond acceptors (Lipinski definition) is 5. The molecular formula is C10H16N6O2. The summed E-state index contributed by atoms with van der Waals surface area (Å²) < 4.78 is 0. The molecule has 2 heterocycles. The predicted octanol–water partition coefficient (Wildman–Crippen LogP) is -0.716. The van der Waals surface area contributed by atoms with Gasteiger partial charge < -0.3 is 9.80 Å². The van der Waals surface area contributed by atoms with E-state index in [1.165, 1.54) is 0 Å². The Kier molecular flexibility index (Phi) is 3.85. The molecule has 0 unspecified atom stereocenters. The number of rotatable bonds is 2. The molecule has 2 amide bonds. The average molecular weight is 252 g/mol. The van der Waals surface area contributed by atoms with Gasteiger partial charge >= 0.3 is 0 Å². The fourth-order valence-electron chi connectivity index (χ4n) is 1.99. The molecule has 0 radical (unpaired) electrons. The molecule has 1 aromatic heterocycles. The summed E-state index contributed by atoms with van der Waals surface area (Å²) in [5.41, 5.74) is 0. The summed E-state index contributed by atoms with van der Waals surface area (Å²) in [6.45, 7) is 4.23. The molecular weight excluding hydrogens is 236 g/mol. The van der Waals surface area contributed by atoms with E-state index in [1.807, 2.05) is 6.92 Å². The molecule has 8 heteroatoms. The van der Waals surface area contributed by atoms with Gasteiger partial charge in [-0.1, -0.05) is 6.92 Å². The topological polar surface area (TPSA) is 95.1 Å². The molecule has 1 N–H and O–H groups in total. The van der Waals surface area contributed by atoms with E-state index in [2.05, 4.69) is 20.6 Å². The Morgan fingerprint density at radius 2 is 1.94 bits per heavy atom. The Morgan fingerprint density at radius 3 is 2.61 bits per heavy atom. The van der Waals surface area contributed by atoms with Crippen LogP contribution in [0.2, 0.25) is 0 Å². The maximum atomic E-state index is 12.0. The first-order chi connectivity index (χ1) is 8.72. The van der Waals surface area contributed by atoms with Gasteiger partial charge in [-0.05, 0) is 11.6 Å². The van der Waals surface area contributed by atoms with Crippen LogP contribution in [0.5, 0.6) is 0 Å². The van der Waals surface area contributed by atoms with Crippen molar-refractivity contribution in [3.05, 3.63) is 5.82 Å². The Balaban J connectivity index is 1.97. The monoisotopic (exact) mass is 252 g/mol. The highest BCUT2D eigenvalue weighted by atomic mass is 16.2. The number of nitrogens with one attached hydrogen (secondary N) is 1. The first-order valence-electron chi connectivity index (χ1n) is 6.03. The summed E-state index contributed by atoms with van der Waals surface area (Å²) in [5, 5.41) is 13.0. The van der Waals surface area contributed by atoms with Gasteiger partial charge in [-0.3, -0.25) is 9.59 Å². The van der Waals surface area contributed by atoms with Gasteiger partial charge in [-0.2, -0.15) is 5.21 Å². The SMILES string of the molecule is CCC(=O)N1CCCN(C(=O)c2nn[nH]n2)CC1. The van der Waals surface area contributed by atoms with Crippen molar-refractivity contribution >= 4 is 11.8 Å². The molecule has 1 fully saturated rings. The maximum Gasteiger partial charge on any atom is 0.295 e. The van der Waals surface area contributed by atoms with Gasteiger partial charge in [-0.25, -0.2) is 0 Å². The molecule has 0 atom stereocenters. The molecule has 18 heavy (non-hydrogen) atoms. The molecule has 0 bridgehead atoms. The van der Waals surface area contributed by atoms with Crippen LogP contribution < -0.4 is 0 Å². The van der Waals surface area contributed by atoms with Crippen LogP contribution in [-0.2, 0) is 4.79 Å². The third kappa shape index (κ3) is 2.63. The number of aromatic amines is 1. The van der Waals surface area contributed by atoms with Crippen LogP contribution in [-0.4, -0.2) is 68.4 Å². The Morgan fingerprint density at radius 1 is 1.22 bits per heavy atom. The van der Waals surface area contributed by atoms with E-state index in [1.54, 1.807) is 9.80 Å². The molecule has 0 spiro atoms. The number of nitrogens with zero attached hydrogens (tertiary/aromatic N) is 5. The van der Waals surface area contributed by atoms with E-state index in [4.69, 9.17) is 0 Å². The average Bonchev–Trinajstić information content (AvgIpc) is 2.81. The lowest BCUT2D eigenvalue weighted by molar-refractivity contribution is -0.130. The zero-order valence-electron chi connectivity index (χ0n) is 10.3. The molecule has 1 aromatic rings. The minimum absolute atomic E-state index is 0.0743. The summed E-state index contributed by atoms with van der Waals surface area (Å²) in [6.07, 6.45) is 1.27. The van der Waals surface area contributed by atoms with E-state index in [9.17, 15) is 9.59 Å². The quantitative estimate of drug-likeness (QED) is 0.749. The molecule has 0 aromatic carbocycles. The first-order valence-corrected chi connectivity index (χ1v) is 6.03. The van der Waals surface area contributed by atoms with Crippen LogP contribution >= 0.6 is 0 Å². The molecule has 0 saturated carbocycles. The van der Waals surface area contributed by atoms with Crippen LogP contribution in [0.15, 0.2) is 0 Å². The van der Waals surface area contributed by atoms with Crippen molar-refractivity contribution in [3.63, 3.8) is 0 Å². The normalized spacial score (nSPS) is 16.5. The Bertz CT molecular complexity index is 418. The number of hydrogen-bond donors (Lipinski definition) is 1. The highest BCUT2D eigenvalue weighted by Gasteiger charge is 2.24. The molecule has 8 nitrogen and oxygen atoms in total. The fraction of sp³-hybridized carbons (Fsp3) is 0.700. The second-order valence-corrected chi connectivity index (χ2v) is 4.12. The molecule has 1 aliphatic rings. The van der Waals surface area contributed by atoms with Crippen LogP contribution in [0.3, 0.4) is 0 Å². The molecule has 2 rings (SSSR count). The number of H-pyrrole nitrogens is 1. The second kappa shape index (κ2) is 5.56. The number of carbonyl (C=O) groups excluding carboxylic acids is 2. The highest BCUT2D eigenvalue weighted by molar-refractivity contribution is 5.90. The van der Waals surface area contributed by atoms with E-state index in [0.29, 0.717) is 32.6 Å². The summed E-state index contributed by atoms with van der Waals surface area (Å²) in [4.78, 5) is 27.1. The first kappa shape index (κ1) is 12.5. The zero-order chi connectivity index (χ0) is 13.0. The van der Waals surface area contributed by atoms with Gasteiger partial charge in [-0.15, -0.1) is 10.2 Å². The maximum absolute atomic E-state index is 12.0. The van der Waals surface area contributed by atoms with Crippen LogP contribution in [0.25, 0.3) is 0 Å². The van der Waals surface area contributed by atoms with Gasteiger partial charge in [0.05, 0.1) is 0 Å². The summed E-state index contributed by atoms with van der Waals surface area (Å²) in [6, 6.07) is 0. The predicted molar refractivity (Wildman–Crippen MR) is 61.6 cm³/mol. The van der Waals surface area contributed by atoms with Gasteiger partial charge in [0.15, 0.2) is 0 Å². The lowest BCUT2D eigenvalue weighted by Gasteiger charge is -2.20. The van der Waals surface area contributed by atoms with Crippen molar-refractivity contribution in [3.8, 4) is 0 Å². The number of amides is 2. The van der Waals surface area contributed by atoms with E-state index in [0.717, 1.165) is 6.42 Å². The van der Waals surface area contributed by atoms with E-state index < -0.39 is 0 Å². The van der Waals surface area contributed by atoms with Gasteiger partial charge in [0, 0.05) is 32.6 Å².